The van der Waals surface area contributed by atoms with Gasteiger partial charge in [0.05, 0.1) is 6.04 Å². The Balaban J connectivity index is 1.77. The Kier molecular flexibility index (Phi) is 3.22. The highest BCUT2D eigenvalue weighted by atomic mass is 16.3. The monoisotopic (exact) mass is 271 g/mol. The van der Waals surface area contributed by atoms with Crippen LogP contribution in [0.25, 0.3) is 0 Å². The van der Waals surface area contributed by atoms with Crippen LogP contribution >= 0.6 is 0 Å². The summed E-state index contributed by atoms with van der Waals surface area (Å²) in [5.41, 5.74) is 1.94. The van der Waals surface area contributed by atoms with E-state index in [9.17, 15) is 9.90 Å². The molecule has 1 atom stereocenters. The van der Waals surface area contributed by atoms with Crippen molar-refractivity contribution in [3.63, 3.8) is 0 Å². The van der Waals surface area contributed by atoms with E-state index in [0.717, 1.165) is 36.1 Å². The summed E-state index contributed by atoms with van der Waals surface area (Å²) in [5.74, 6) is 1.26. The number of benzene rings is 1. The minimum Gasteiger partial charge on any atom is -0.508 e. The zero-order valence-corrected chi connectivity index (χ0v) is 11.3. The van der Waals surface area contributed by atoms with Crippen LogP contribution in [-0.2, 0) is 12.8 Å². The molecule has 3 rings (SSSR count). The fourth-order valence-electron chi connectivity index (χ4n) is 2.70. The van der Waals surface area contributed by atoms with Gasteiger partial charge in [0.25, 0.3) is 5.91 Å². The van der Waals surface area contributed by atoms with E-state index >= 15 is 0 Å². The number of aryl methyl sites for hydroxylation is 1. The lowest BCUT2D eigenvalue weighted by atomic mass is 10.1. The second-order valence-electron chi connectivity index (χ2n) is 5.03. The third-order valence-corrected chi connectivity index (χ3v) is 3.79. The Labute approximate surface area is 117 Å². The first-order valence-corrected chi connectivity index (χ1v) is 6.89. The summed E-state index contributed by atoms with van der Waals surface area (Å²) in [4.78, 5) is 12.2. The third kappa shape index (κ3) is 2.18. The summed E-state index contributed by atoms with van der Waals surface area (Å²) in [6, 6.07) is 8.91. The highest BCUT2D eigenvalue weighted by Gasteiger charge is 2.26. The zero-order valence-electron chi connectivity index (χ0n) is 11.3. The second kappa shape index (κ2) is 5.04. The van der Waals surface area contributed by atoms with Gasteiger partial charge in [0.15, 0.2) is 5.76 Å². The number of furan rings is 1. The van der Waals surface area contributed by atoms with E-state index in [0.29, 0.717) is 11.5 Å². The molecule has 0 fully saturated rings. The van der Waals surface area contributed by atoms with Gasteiger partial charge in [0.2, 0.25) is 0 Å². The molecule has 0 bridgehead atoms. The quantitative estimate of drug-likeness (QED) is 0.902. The first-order valence-electron chi connectivity index (χ1n) is 6.89. The van der Waals surface area contributed by atoms with Gasteiger partial charge < -0.3 is 14.8 Å². The predicted octanol–water partition coefficient (Wildman–Crippen LogP) is 2.96. The van der Waals surface area contributed by atoms with E-state index < -0.39 is 0 Å². The Hall–Kier alpha value is -2.23. The summed E-state index contributed by atoms with van der Waals surface area (Å²) < 4.78 is 5.46. The number of amides is 1. The first-order chi connectivity index (χ1) is 9.69. The fraction of sp³-hybridized carbons (Fsp3) is 0.312. The molecule has 1 aliphatic rings. The molecule has 0 saturated heterocycles. The fourth-order valence-corrected chi connectivity index (χ4v) is 2.70. The van der Waals surface area contributed by atoms with Crippen LogP contribution in [0, 0.1) is 0 Å². The molecular weight excluding hydrogens is 254 g/mol. The molecule has 0 aliphatic heterocycles. The molecule has 2 N–H and O–H groups in total. The number of fused-ring (bicyclic) bond motifs is 1. The summed E-state index contributed by atoms with van der Waals surface area (Å²) in [6.07, 6.45) is 2.36. The van der Waals surface area contributed by atoms with Crippen LogP contribution in [-0.4, -0.2) is 11.0 Å². The Morgan fingerprint density at radius 3 is 3.00 bits per heavy atom. The highest BCUT2D eigenvalue weighted by Crippen LogP contribution is 2.36. The molecule has 4 heteroatoms. The van der Waals surface area contributed by atoms with Gasteiger partial charge in [0, 0.05) is 6.42 Å². The number of carbonyl (C=O) groups excluding carboxylic acids is 1. The SMILES string of the molecule is CCc1ccc(C(=O)N[C@@H]2CCc3c(O)cccc32)o1. The molecule has 104 valence electrons. The van der Waals surface area contributed by atoms with Gasteiger partial charge in [-0.3, -0.25) is 4.79 Å². The molecule has 1 aromatic heterocycles. The van der Waals surface area contributed by atoms with Gasteiger partial charge in [-0.05, 0) is 42.2 Å². The summed E-state index contributed by atoms with van der Waals surface area (Å²) in [5, 5.41) is 12.8. The second-order valence-corrected chi connectivity index (χ2v) is 5.03. The first kappa shape index (κ1) is 12.8. The van der Waals surface area contributed by atoms with Crippen molar-refractivity contribution < 1.29 is 14.3 Å². The molecule has 0 spiro atoms. The van der Waals surface area contributed by atoms with Crippen molar-refractivity contribution in [2.24, 2.45) is 0 Å². The Bertz CT molecular complexity index is 645. The average Bonchev–Trinajstić information content (AvgIpc) is 3.07. The number of phenols is 1. The molecule has 1 aromatic carbocycles. The van der Waals surface area contributed by atoms with Crippen molar-refractivity contribution >= 4 is 5.91 Å². The van der Waals surface area contributed by atoms with E-state index in [4.69, 9.17) is 4.42 Å². The zero-order chi connectivity index (χ0) is 14.1. The van der Waals surface area contributed by atoms with Crippen LogP contribution in [0.2, 0.25) is 0 Å². The molecule has 0 radical (unpaired) electrons. The topological polar surface area (TPSA) is 62.5 Å². The van der Waals surface area contributed by atoms with E-state index in [1.165, 1.54) is 0 Å². The molecular formula is C16H17NO3. The largest absolute Gasteiger partial charge is 0.508 e. The third-order valence-electron chi connectivity index (χ3n) is 3.79. The highest BCUT2D eigenvalue weighted by molar-refractivity contribution is 5.91. The smallest absolute Gasteiger partial charge is 0.287 e. The molecule has 0 unspecified atom stereocenters. The normalized spacial score (nSPS) is 16.9. The lowest BCUT2D eigenvalue weighted by Crippen LogP contribution is -2.26. The van der Waals surface area contributed by atoms with Gasteiger partial charge in [-0.15, -0.1) is 0 Å². The van der Waals surface area contributed by atoms with E-state index in [-0.39, 0.29) is 11.9 Å². The summed E-state index contributed by atoms with van der Waals surface area (Å²) in [7, 11) is 0. The maximum Gasteiger partial charge on any atom is 0.287 e. The van der Waals surface area contributed by atoms with E-state index in [1.54, 1.807) is 18.2 Å². The lowest BCUT2D eigenvalue weighted by Gasteiger charge is -2.13. The number of carbonyl (C=O) groups is 1. The molecule has 0 saturated carbocycles. The predicted molar refractivity (Wildman–Crippen MR) is 74.7 cm³/mol. The Morgan fingerprint density at radius 2 is 2.25 bits per heavy atom. The van der Waals surface area contributed by atoms with Crippen LogP contribution in [0.4, 0.5) is 0 Å². The lowest BCUT2D eigenvalue weighted by molar-refractivity contribution is 0.0907. The van der Waals surface area contributed by atoms with Crippen LogP contribution in [0.1, 0.15) is 46.8 Å². The maximum absolute atomic E-state index is 12.2. The number of hydrogen-bond acceptors (Lipinski definition) is 3. The van der Waals surface area contributed by atoms with Crippen molar-refractivity contribution in [3.05, 3.63) is 53.0 Å². The Morgan fingerprint density at radius 1 is 1.40 bits per heavy atom. The number of phenolic OH excluding ortho intramolecular Hbond substituents is 1. The number of hydrogen-bond donors (Lipinski definition) is 2. The molecule has 1 heterocycles. The standard InChI is InChI=1S/C16H17NO3/c1-2-10-6-9-15(20-10)16(19)17-13-8-7-12-11(13)4-3-5-14(12)18/h3-6,9,13,18H,2,7-8H2,1H3,(H,17,19)/t13-/m1/s1. The number of nitrogens with one attached hydrogen (secondary N) is 1. The van der Waals surface area contributed by atoms with Gasteiger partial charge in [-0.1, -0.05) is 19.1 Å². The van der Waals surface area contributed by atoms with Crippen LogP contribution in [0.5, 0.6) is 5.75 Å². The van der Waals surface area contributed by atoms with Crippen LogP contribution in [0.3, 0.4) is 0 Å². The van der Waals surface area contributed by atoms with Crippen molar-refractivity contribution in [3.8, 4) is 5.75 Å². The summed E-state index contributed by atoms with van der Waals surface area (Å²) in [6.45, 7) is 1.98. The number of aromatic hydroxyl groups is 1. The molecule has 2 aromatic rings. The molecule has 20 heavy (non-hydrogen) atoms. The average molecular weight is 271 g/mol. The molecule has 1 aliphatic carbocycles. The van der Waals surface area contributed by atoms with Crippen molar-refractivity contribution in [1.29, 1.82) is 0 Å². The molecule has 1 amide bonds. The van der Waals surface area contributed by atoms with Crippen molar-refractivity contribution in [1.82, 2.24) is 5.32 Å². The van der Waals surface area contributed by atoms with E-state index in [1.807, 2.05) is 19.1 Å². The minimum absolute atomic E-state index is 0.0558. The van der Waals surface area contributed by atoms with Gasteiger partial charge in [0.1, 0.15) is 11.5 Å². The van der Waals surface area contributed by atoms with Crippen LogP contribution in [0.15, 0.2) is 34.7 Å². The van der Waals surface area contributed by atoms with Crippen LogP contribution < -0.4 is 5.32 Å². The van der Waals surface area contributed by atoms with Gasteiger partial charge >= 0.3 is 0 Å². The van der Waals surface area contributed by atoms with Gasteiger partial charge in [-0.25, -0.2) is 0 Å². The molecule has 4 nitrogen and oxygen atoms in total. The van der Waals surface area contributed by atoms with E-state index in [2.05, 4.69) is 5.32 Å². The van der Waals surface area contributed by atoms with Crippen molar-refractivity contribution in [2.75, 3.05) is 0 Å². The summed E-state index contributed by atoms with van der Waals surface area (Å²) >= 11 is 0. The number of rotatable bonds is 3. The maximum atomic E-state index is 12.2. The van der Waals surface area contributed by atoms with Gasteiger partial charge in [-0.2, -0.15) is 0 Å². The van der Waals surface area contributed by atoms with Crippen molar-refractivity contribution in [2.45, 2.75) is 32.2 Å². The minimum atomic E-state index is -0.203.